The lowest BCUT2D eigenvalue weighted by atomic mass is 9.98. The monoisotopic (exact) mass is 242 g/mol. The van der Waals surface area contributed by atoms with Crippen molar-refractivity contribution in [2.45, 2.75) is 25.7 Å². The van der Waals surface area contributed by atoms with Gasteiger partial charge in [0.15, 0.2) is 9.84 Å². The second-order valence-corrected chi connectivity index (χ2v) is 6.88. The summed E-state index contributed by atoms with van der Waals surface area (Å²) in [6.45, 7) is 5.24. The summed E-state index contributed by atoms with van der Waals surface area (Å²) in [5.41, 5.74) is 0.421. The quantitative estimate of drug-likeness (QED) is 0.875. The van der Waals surface area contributed by atoms with Gasteiger partial charge in [0.25, 0.3) is 0 Å². The fourth-order valence-corrected chi connectivity index (χ4v) is 3.23. The van der Waals surface area contributed by atoms with Crippen LogP contribution in [0.5, 0.6) is 0 Å². The molecule has 1 N–H and O–H groups in total. The van der Waals surface area contributed by atoms with Gasteiger partial charge in [-0.05, 0) is 19.1 Å². The van der Waals surface area contributed by atoms with Crippen LogP contribution < -0.4 is 0 Å². The van der Waals surface area contributed by atoms with Crippen molar-refractivity contribution in [2.24, 2.45) is 5.41 Å². The van der Waals surface area contributed by atoms with Crippen LogP contribution in [0.3, 0.4) is 0 Å². The van der Waals surface area contributed by atoms with E-state index < -0.39 is 15.3 Å². The molecular formula is C12H18O3S. The van der Waals surface area contributed by atoms with Crippen molar-refractivity contribution in [3.8, 4) is 0 Å². The van der Waals surface area contributed by atoms with E-state index >= 15 is 0 Å². The summed E-state index contributed by atoms with van der Waals surface area (Å²) in [6.07, 6.45) is 0. The topological polar surface area (TPSA) is 54.4 Å². The molecule has 0 aliphatic heterocycles. The number of rotatable bonds is 4. The average Bonchev–Trinajstić information content (AvgIpc) is 2.17. The minimum absolute atomic E-state index is 0.0421. The van der Waals surface area contributed by atoms with E-state index in [0.29, 0.717) is 4.90 Å². The van der Waals surface area contributed by atoms with Crippen molar-refractivity contribution >= 4 is 9.84 Å². The molecule has 0 heterocycles. The Morgan fingerprint density at radius 2 is 1.69 bits per heavy atom. The number of hydrogen-bond donors (Lipinski definition) is 1. The van der Waals surface area contributed by atoms with Crippen LogP contribution in [-0.4, -0.2) is 25.9 Å². The first-order chi connectivity index (χ1) is 7.27. The first-order valence-corrected chi connectivity index (χ1v) is 6.82. The summed E-state index contributed by atoms with van der Waals surface area (Å²) in [5, 5.41) is 9.08. The van der Waals surface area contributed by atoms with Crippen molar-refractivity contribution in [1.29, 1.82) is 0 Å². The zero-order chi connectivity index (χ0) is 12.4. The number of sulfone groups is 1. The predicted octanol–water partition coefficient (Wildman–Crippen LogP) is 1.79. The molecule has 0 fully saturated rings. The van der Waals surface area contributed by atoms with Crippen LogP contribution >= 0.6 is 0 Å². The van der Waals surface area contributed by atoms with E-state index in [1.165, 1.54) is 0 Å². The molecule has 0 amide bonds. The van der Waals surface area contributed by atoms with E-state index in [0.717, 1.165) is 5.56 Å². The van der Waals surface area contributed by atoms with Gasteiger partial charge in [0.2, 0.25) is 0 Å². The highest BCUT2D eigenvalue weighted by Crippen LogP contribution is 2.22. The highest BCUT2D eigenvalue weighted by atomic mass is 32.2. The Hall–Kier alpha value is -0.870. The van der Waals surface area contributed by atoms with E-state index in [1.807, 2.05) is 6.92 Å². The molecular weight excluding hydrogens is 224 g/mol. The van der Waals surface area contributed by atoms with Crippen LogP contribution in [0.4, 0.5) is 0 Å². The zero-order valence-electron chi connectivity index (χ0n) is 9.90. The van der Waals surface area contributed by atoms with Crippen molar-refractivity contribution in [3.05, 3.63) is 29.8 Å². The molecule has 0 saturated heterocycles. The molecule has 1 rings (SSSR count). The molecule has 90 valence electrons. The SMILES string of the molecule is Cc1ccc(S(=O)(=O)CC(C)(C)CO)cc1. The first-order valence-electron chi connectivity index (χ1n) is 5.17. The largest absolute Gasteiger partial charge is 0.396 e. The van der Waals surface area contributed by atoms with Gasteiger partial charge in [-0.1, -0.05) is 31.5 Å². The van der Waals surface area contributed by atoms with Crippen LogP contribution in [0.15, 0.2) is 29.2 Å². The Morgan fingerprint density at radius 3 is 2.12 bits per heavy atom. The number of aliphatic hydroxyl groups is 1. The lowest BCUT2D eigenvalue weighted by molar-refractivity contribution is 0.179. The van der Waals surface area contributed by atoms with E-state index in [4.69, 9.17) is 5.11 Å². The maximum Gasteiger partial charge on any atom is 0.178 e. The van der Waals surface area contributed by atoms with E-state index in [1.54, 1.807) is 38.1 Å². The molecule has 0 bridgehead atoms. The van der Waals surface area contributed by atoms with E-state index in [9.17, 15) is 8.42 Å². The molecule has 0 spiro atoms. The Morgan fingerprint density at radius 1 is 1.19 bits per heavy atom. The number of aliphatic hydroxyl groups excluding tert-OH is 1. The van der Waals surface area contributed by atoms with Crippen molar-refractivity contribution in [1.82, 2.24) is 0 Å². The molecule has 1 aromatic rings. The highest BCUT2D eigenvalue weighted by molar-refractivity contribution is 7.91. The third-order valence-electron chi connectivity index (χ3n) is 2.39. The summed E-state index contributed by atoms with van der Waals surface area (Å²) in [6, 6.07) is 6.77. The predicted molar refractivity (Wildman–Crippen MR) is 64.1 cm³/mol. The maximum absolute atomic E-state index is 12.0. The van der Waals surface area contributed by atoms with Crippen LogP contribution in [0.1, 0.15) is 19.4 Å². The summed E-state index contributed by atoms with van der Waals surface area (Å²) < 4.78 is 24.0. The zero-order valence-corrected chi connectivity index (χ0v) is 10.7. The molecule has 0 radical (unpaired) electrons. The molecule has 16 heavy (non-hydrogen) atoms. The summed E-state index contributed by atoms with van der Waals surface area (Å²) in [5.74, 6) is -0.0421. The van der Waals surface area contributed by atoms with Crippen molar-refractivity contribution in [2.75, 3.05) is 12.4 Å². The van der Waals surface area contributed by atoms with Gasteiger partial charge < -0.3 is 5.11 Å². The van der Waals surface area contributed by atoms with Gasteiger partial charge in [-0.25, -0.2) is 8.42 Å². The fraction of sp³-hybridized carbons (Fsp3) is 0.500. The molecule has 0 atom stereocenters. The van der Waals surface area contributed by atoms with Crippen LogP contribution in [0, 0.1) is 12.3 Å². The van der Waals surface area contributed by atoms with Crippen molar-refractivity contribution < 1.29 is 13.5 Å². The molecule has 0 saturated carbocycles. The Balaban J connectivity index is 2.99. The van der Waals surface area contributed by atoms with Crippen LogP contribution in [-0.2, 0) is 9.84 Å². The Bertz CT molecular complexity index is 444. The van der Waals surface area contributed by atoms with Gasteiger partial charge in [0.05, 0.1) is 10.6 Å². The molecule has 0 unspecified atom stereocenters. The normalized spacial score (nSPS) is 12.8. The smallest absolute Gasteiger partial charge is 0.178 e. The fourth-order valence-electron chi connectivity index (χ4n) is 1.39. The standard InChI is InChI=1S/C12H18O3S/c1-10-4-6-11(7-5-10)16(14,15)9-12(2,3)8-13/h4-7,13H,8-9H2,1-3H3. The Labute approximate surface area is 97.0 Å². The molecule has 0 aliphatic carbocycles. The van der Waals surface area contributed by atoms with Crippen molar-refractivity contribution in [3.63, 3.8) is 0 Å². The molecule has 0 aromatic heterocycles. The van der Waals surface area contributed by atoms with Crippen LogP contribution in [0.2, 0.25) is 0 Å². The van der Waals surface area contributed by atoms with Gasteiger partial charge in [0, 0.05) is 12.0 Å². The second kappa shape index (κ2) is 4.55. The molecule has 4 heteroatoms. The highest BCUT2D eigenvalue weighted by Gasteiger charge is 2.26. The van der Waals surface area contributed by atoms with Gasteiger partial charge in [-0.3, -0.25) is 0 Å². The third-order valence-corrected chi connectivity index (χ3v) is 4.54. The number of benzene rings is 1. The lowest BCUT2D eigenvalue weighted by Gasteiger charge is -2.21. The number of hydrogen-bond acceptors (Lipinski definition) is 3. The van der Waals surface area contributed by atoms with Gasteiger partial charge >= 0.3 is 0 Å². The minimum Gasteiger partial charge on any atom is -0.396 e. The van der Waals surface area contributed by atoms with Crippen LogP contribution in [0.25, 0.3) is 0 Å². The summed E-state index contributed by atoms with van der Waals surface area (Å²) in [7, 11) is -3.31. The van der Waals surface area contributed by atoms with Gasteiger partial charge in [-0.2, -0.15) is 0 Å². The van der Waals surface area contributed by atoms with E-state index in [-0.39, 0.29) is 12.4 Å². The maximum atomic E-state index is 12.0. The van der Waals surface area contributed by atoms with Gasteiger partial charge in [-0.15, -0.1) is 0 Å². The average molecular weight is 242 g/mol. The molecule has 1 aromatic carbocycles. The Kier molecular flexibility index (Phi) is 3.76. The lowest BCUT2D eigenvalue weighted by Crippen LogP contribution is -2.27. The second-order valence-electron chi connectivity index (χ2n) is 4.89. The molecule has 3 nitrogen and oxygen atoms in total. The van der Waals surface area contributed by atoms with Gasteiger partial charge in [0.1, 0.15) is 0 Å². The molecule has 0 aliphatic rings. The van der Waals surface area contributed by atoms with E-state index in [2.05, 4.69) is 0 Å². The summed E-state index contributed by atoms with van der Waals surface area (Å²) in [4.78, 5) is 0.319. The minimum atomic E-state index is -3.31. The number of aryl methyl sites for hydroxylation is 1. The third kappa shape index (κ3) is 3.32. The summed E-state index contributed by atoms with van der Waals surface area (Å²) >= 11 is 0. The first kappa shape index (κ1) is 13.2.